The normalized spacial score (nSPS) is 15.0. The minimum absolute atomic E-state index is 0.193. The van der Waals surface area contributed by atoms with Crippen molar-refractivity contribution in [1.82, 2.24) is 4.31 Å². The number of carbonyl (C=O) groups is 1. The van der Waals surface area contributed by atoms with E-state index < -0.39 is 15.9 Å². The van der Waals surface area contributed by atoms with Crippen LogP contribution in [-0.2, 0) is 14.8 Å². The summed E-state index contributed by atoms with van der Waals surface area (Å²) in [7, 11) is -0.762. The Kier molecular flexibility index (Phi) is 7.33. The Morgan fingerprint density at radius 1 is 1.03 bits per heavy atom. The van der Waals surface area contributed by atoms with Crippen molar-refractivity contribution < 1.29 is 22.7 Å². The molecule has 1 aliphatic rings. The van der Waals surface area contributed by atoms with Crippen molar-refractivity contribution in [3.63, 3.8) is 0 Å². The van der Waals surface area contributed by atoms with Gasteiger partial charge in [0.05, 0.1) is 31.3 Å². The highest BCUT2D eigenvalue weighted by atomic mass is 32.2. The van der Waals surface area contributed by atoms with Crippen LogP contribution >= 0.6 is 0 Å². The highest BCUT2D eigenvalue weighted by Gasteiger charge is 2.34. The van der Waals surface area contributed by atoms with E-state index in [9.17, 15) is 13.2 Å². The molecule has 30 heavy (non-hydrogen) atoms. The van der Waals surface area contributed by atoms with Gasteiger partial charge in [0.15, 0.2) is 0 Å². The first-order chi connectivity index (χ1) is 14.5. The monoisotopic (exact) mass is 432 g/mol. The van der Waals surface area contributed by atoms with E-state index in [1.54, 1.807) is 48.5 Å². The first-order valence-electron chi connectivity index (χ1n) is 10.0. The molecular weight excluding hydrogens is 404 g/mol. The van der Waals surface area contributed by atoms with Crippen LogP contribution < -0.4 is 14.8 Å². The Morgan fingerprint density at radius 3 is 2.37 bits per heavy atom. The maximum atomic E-state index is 13.3. The fraction of sp³-hybridized carbons (Fsp3) is 0.409. The first kappa shape index (κ1) is 22.1. The molecule has 1 saturated carbocycles. The number of benzene rings is 2. The summed E-state index contributed by atoms with van der Waals surface area (Å²) >= 11 is 0. The van der Waals surface area contributed by atoms with Gasteiger partial charge in [0.25, 0.3) is 0 Å². The molecule has 1 fully saturated rings. The van der Waals surface area contributed by atoms with Crippen molar-refractivity contribution in [3.8, 4) is 11.5 Å². The molecule has 8 heteroatoms. The minimum Gasteiger partial charge on any atom is -0.497 e. The lowest BCUT2D eigenvalue weighted by atomic mass is 9.95. The number of amides is 1. The summed E-state index contributed by atoms with van der Waals surface area (Å²) in [6.45, 7) is -0.262. The fourth-order valence-corrected chi connectivity index (χ4v) is 5.41. The number of hydrogen-bond acceptors (Lipinski definition) is 5. The topological polar surface area (TPSA) is 84.9 Å². The number of carbonyl (C=O) groups excluding carboxylic acids is 1. The van der Waals surface area contributed by atoms with E-state index in [1.807, 2.05) is 0 Å². The van der Waals surface area contributed by atoms with Gasteiger partial charge < -0.3 is 14.8 Å². The molecule has 0 aromatic heterocycles. The molecule has 0 atom stereocenters. The highest BCUT2D eigenvalue weighted by molar-refractivity contribution is 7.89. The Hall–Kier alpha value is -2.58. The van der Waals surface area contributed by atoms with E-state index in [0.717, 1.165) is 32.1 Å². The summed E-state index contributed by atoms with van der Waals surface area (Å²) in [5.74, 6) is 0.609. The minimum atomic E-state index is -3.80. The quantitative estimate of drug-likeness (QED) is 0.688. The highest BCUT2D eigenvalue weighted by Crippen LogP contribution is 2.30. The van der Waals surface area contributed by atoms with Crippen LogP contribution in [0.4, 0.5) is 5.69 Å². The molecule has 0 unspecified atom stereocenters. The molecule has 7 nitrogen and oxygen atoms in total. The Labute approximate surface area is 178 Å². The summed E-state index contributed by atoms with van der Waals surface area (Å²) in [6, 6.07) is 13.1. The molecule has 1 aliphatic carbocycles. The van der Waals surface area contributed by atoms with Crippen LogP contribution in [0.3, 0.4) is 0 Å². The molecule has 3 rings (SSSR count). The van der Waals surface area contributed by atoms with Gasteiger partial charge in [-0.15, -0.1) is 0 Å². The molecule has 1 N–H and O–H groups in total. The summed E-state index contributed by atoms with van der Waals surface area (Å²) in [5, 5.41) is 2.78. The van der Waals surface area contributed by atoms with Crippen molar-refractivity contribution in [3.05, 3.63) is 48.5 Å². The van der Waals surface area contributed by atoms with E-state index in [4.69, 9.17) is 9.47 Å². The van der Waals surface area contributed by atoms with Crippen LogP contribution in [0.25, 0.3) is 0 Å². The molecule has 0 radical (unpaired) electrons. The van der Waals surface area contributed by atoms with Crippen molar-refractivity contribution in [2.24, 2.45) is 0 Å². The van der Waals surface area contributed by atoms with Crippen LogP contribution in [0.2, 0.25) is 0 Å². The molecular formula is C22H28N2O5S. The van der Waals surface area contributed by atoms with Gasteiger partial charge in [-0.05, 0) is 37.1 Å². The van der Waals surface area contributed by atoms with E-state index in [0.29, 0.717) is 17.2 Å². The number of methoxy groups -OCH3 is 2. The van der Waals surface area contributed by atoms with Crippen LogP contribution in [0.15, 0.2) is 53.4 Å². The third-order valence-electron chi connectivity index (χ3n) is 5.31. The van der Waals surface area contributed by atoms with Crippen LogP contribution in [0.5, 0.6) is 11.5 Å². The summed E-state index contributed by atoms with van der Waals surface area (Å²) in [5.41, 5.74) is 0.433. The number of sulfonamides is 1. The Bertz CT molecular complexity index is 957. The zero-order valence-corrected chi connectivity index (χ0v) is 18.2. The standard InChI is InChI=1S/C22H28N2O5S/c1-28-18-13-14-21(29-2)20(15-18)23-22(25)16-24(17-9-5-3-6-10-17)30(26,27)19-11-7-4-8-12-19/h4,7-8,11-15,17H,3,5-6,9-10,16H2,1-2H3,(H,23,25). The fourth-order valence-electron chi connectivity index (χ4n) is 3.75. The first-order valence-corrected chi connectivity index (χ1v) is 11.5. The van der Waals surface area contributed by atoms with Crippen molar-refractivity contribution in [2.75, 3.05) is 26.1 Å². The zero-order chi connectivity index (χ0) is 21.6. The molecule has 0 bridgehead atoms. The molecule has 0 heterocycles. The van der Waals surface area contributed by atoms with Gasteiger partial charge in [-0.1, -0.05) is 37.5 Å². The third kappa shape index (κ3) is 5.12. The number of nitrogens with zero attached hydrogens (tertiary/aromatic N) is 1. The van der Waals surface area contributed by atoms with E-state index >= 15 is 0 Å². The zero-order valence-electron chi connectivity index (χ0n) is 17.3. The smallest absolute Gasteiger partial charge is 0.243 e. The summed E-state index contributed by atoms with van der Waals surface area (Å²) in [4.78, 5) is 13.1. The maximum Gasteiger partial charge on any atom is 0.243 e. The van der Waals surface area contributed by atoms with Gasteiger partial charge in [0.2, 0.25) is 15.9 Å². The largest absolute Gasteiger partial charge is 0.497 e. The van der Waals surface area contributed by atoms with Gasteiger partial charge in [-0.25, -0.2) is 8.42 Å². The Balaban J connectivity index is 1.85. The van der Waals surface area contributed by atoms with Crippen molar-refractivity contribution in [1.29, 1.82) is 0 Å². The second-order valence-electron chi connectivity index (χ2n) is 7.27. The van der Waals surface area contributed by atoms with Crippen molar-refractivity contribution >= 4 is 21.6 Å². The maximum absolute atomic E-state index is 13.3. The number of anilines is 1. The number of nitrogens with one attached hydrogen (secondary N) is 1. The van der Waals surface area contributed by atoms with Gasteiger partial charge in [-0.2, -0.15) is 4.31 Å². The van der Waals surface area contributed by atoms with Gasteiger partial charge in [-0.3, -0.25) is 4.79 Å². The van der Waals surface area contributed by atoms with Crippen LogP contribution in [-0.4, -0.2) is 45.4 Å². The third-order valence-corrected chi connectivity index (χ3v) is 7.22. The van der Waals surface area contributed by atoms with Crippen LogP contribution in [0.1, 0.15) is 32.1 Å². The second-order valence-corrected chi connectivity index (χ2v) is 9.16. The summed E-state index contributed by atoms with van der Waals surface area (Å²) < 4.78 is 38.6. The lowest BCUT2D eigenvalue weighted by Crippen LogP contribution is -2.45. The predicted molar refractivity (Wildman–Crippen MR) is 115 cm³/mol. The number of ether oxygens (including phenoxy) is 2. The average Bonchev–Trinajstić information content (AvgIpc) is 2.78. The summed E-state index contributed by atoms with van der Waals surface area (Å²) in [6.07, 6.45) is 4.50. The van der Waals surface area contributed by atoms with Gasteiger partial charge in [0.1, 0.15) is 11.5 Å². The molecule has 0 saturated heterocycles. The van der Waals surface area contributed by atoms with Gasteiger partial charge in [0, 0.05) is 12.1 Å². The van der Waals surface area contributed by atoms with Gasteiger partial charge >= 0.3 is 0 Å². The number of rotatable bonds is 8. The van der Waals surface area contributed by atoms with E-state index in [-0.39, 0.29) is 17.5 Å². The lowest BCUT2D eigenvalue weighted by Gasteiger charge is -2.33. The van der Waals surface area contributed by atoms with Crippen LogP contribution in [0, 0.1) is 0 Å². The van der Waals surface area contributed by atoms with Crippen molar-refractivity contribution in [2.45, 2.75) is 43.0 Å². The van der Waals surface area contributed by atoms with E-state index in [2.05, 4.69) is 5.32 Å². The molecule has 0 aliphatic heterocycles. The SMILES string of the molecule is COc1ccc(OC)c(NC(=O)CN(C2CCCCC2)S(=O)(=O)c2ccccc2)c1. The van der Waals surface area contributed by atoms with E-state index in [1.165, 1.54) is 18.5 Å². The molecule has 1 amide bonds. The second kappa shape index (κ2) is 9.95. The molecule has 0 spiro atoms. The predicted octanol–water partition coefficient (Wildman–Crippen LogP) is 3.67. The molecule has 2 aromatic carbocycles. The Morgan fingerprint density at radius 2 is 1.73 bits per heavy atom. The lowest BCUT2D eigenvalue weighted by molar-refractivity contribution is -0.116. The number of hydrogen-bond donors (Lipinski definition) is 1. The average molecular weight is 433 g/mol. The molecule has 162 valence electrons. The molecule has 2 aromatic rings.